The molecule has 7 nitrogen and oxygen atoms in total. The summed E-state index contributed by atoms with van der Waals surface area (Å²) >= 11 is 1.66. The van der Waals surface area contributed by atoms with E-state index in [-0.39, 0.29) is 16.6 Å². The monoisotopic (exact) mass is 437 g/mol. The summed E-state index contributed by atoms with van der Waals surface area (Å²) in [6.45, 7) is 3.51. The topological polar surface area (TPSA) is 88.6 Å². The number of ether oxygens (including phenoxy) is 1. The van der Waals surface area contributed by atoms with Gasteiger partial charge in [0.25, 0.3) is 5.91 Å². The van der Waals surface area contributed by atoms with Crippen LogP contribution in [0.25, 0.3) is 0 Å². The fraction of sp³-hybridized carbons (Fsp3) is 0.500. The zero-order valence-corrected chi connectivity index (χ0v) is 18.4. The summed E-state index contributed by atoms with van der Waals surface area (Å²) in [4.78, 5) is 17.0. The lowest BCUT2D eigenvalue weighted by Crippen LogP contribution is -2.29. The number of aromatic nitrogens is 1. The van der Waals surface area contributed by atoms with Crippen molar-refractivity contribution in [1.29, 1.82) is 0 Å². The molecule has 1 N–H and O–H groups in total. The van der Waals surface area contributed by atoms with Crippen molar-refractivity contribution >= 4 is 27.3 Å². The number of hydrogen-bond donors (Lipinski definition) is 1. The van der Waals surface area contributed by atoms with Crippen molar-refractivity contribution in [3.8, 4) is 5.75 Å². The average Bonchev–Trinajstić information content (AvgIpc) is 3.39. The summed E-state index contributed by atoms with van der Waals surface area (Å²) in [5, 5.41) is 6.02. The highest BCUT2D eigenvalue weighted by molar-refractivity contribution is 7.89. The molecule has 1 fully saturated rings. The third kappa shape index (κ3) is 5.34. The Kier molecular flexibility index (Phi) is 7.26. The van der Waals surface area contributed by atoms with Crippen molar-refractivity contribution in [2.45, 2.75) is 43.9 Å². The second-order valence-corrected chi connectivity index (χ2v) is 9.92. The molecule has 0 spiro atoms. The van der Waals surface area contributed by atoms with E-state index in [2.05, 4.69) is 10.3 Å². The number of amides is 1. The maximum atomic E-state index is 12.9. The number of carbonyl (C=O) groups excluding carboxylic acids is 1. The minimum atomic E-state index is -3.67. The second-order valence-electron chi connectivity index (χ2n) is 7.07. The fourth-order valence-electron chi connectivity index (χ4n) is 3.31. The summed E-state index contributed by atoms with van der Waals surface area (Å²) in [5.74, 6) is -0.0252. The lowest BCUT2D eigenvalue weighted by molar-refractivity contribution is 0.0952. The van der Waals surface area contributed by atoms with Gasteiger partial charge in [0.2, 0.25) is 10.0 Å². The molecule has 158 valence electrons. The normalized spacial score (nSPS) is 14.8. The van der Waals surface area contributed by atoms with E-state index >= 15 is 0 Å². The highest BCUT2D eigenvalue weighted by atomic mass is 32.2. The van der Waals surface area contributed by atoms with E-state index in [1.807, 2.05) is 12.3 Å². The number of nitrogens with one attached hydrogen (secondary N) is 1. The van der Waals surface area contributed by atoms with Gasteiger partial charge in [0.15, 0.2) is 0 Å². The third-order valence-electron chi connectivity index (χ3n) is 4.88. The average molecular weight is 438 g/mol. The molecule has 9 heteroatoms. The number of unbranched alkanes of at least 4 members (excludes halogenated alkanes) is 1. The Labute approximate surface area is 176 Å². The van der Waals surface area contributed by atoms with Crippen molar-refractivity contribution in [2.75, 3.05) is 26.7 Å². The predicted molar refractivity (Wildman–Crippen MR) is 113 cm³/mol. The molecule has 0 saturated carbocycles. The molecule has 0 radical (unpaired) electrons. The van der Waals surface area contributed by atoms with E-state index in [9.17, 15) is 13.2 Å². The van der Waals surface area contributed by atoms with E-state index in [0.717, 1.165) is 42.8 Å². The standard InChI is InChI=1S/C20H27N3O4S2/c1-15-14-28-19(22-15)7-3-4-10-21-20(24)16-8-9-17(27-2)18(13-16)29(25,26)23-11-5-6-12-23/h8-9,13-14H,3-7,10-12H2,1-2H3,(H,21,24). The number of aryl methyl sites for hydroxylation is 2. The summed E-state index contributed by atoms with van der Waals surface area (Å²) < 4.78 is 32.6. The van der Waals surface area contributed by atoms with E-state index in [0.29, 0.717) is 25.2 Å². The minimum Gasteiger partial charge on any atom is -0.495 e. The molecule has 2 aromatic rings. The van der Waals surface area contributed by atoms with Crippen LogP contribution >= 0.6 is 11.3 Å². The van der Waals surface area contributed by atoms with Gasteiger partial charge in [-0.1, -0.05) is 0 Å². The molecule has 0 aliphatic carbocycles. The van der Waals surface area contributed by atoms with Gasteiger partial charge in [-0.3, -0.25) is 4.79 Å². The molecule has 0 unspecified atom stereocenters. The number of hydrogen-bond acceptors (Lipinski definition) is 6. The molecule has 1 saturated heterocycles. The smallest absolute Gasteiger partial charge is 0.251 e. The Hall–Kier alpha value is -1.97. The quantitative estimate of drug-likeness (QED) is 0.609. The van der Waals surface area contributed by atoms with E-state index in [4.69, 9.17) is 4.74 Å². The van der Waals surface area contributed by atoms with Gasteiger partial charge in [-0.25, -0.2) is 13.4 Å². The fourth-order valence-corrected chi connectivity index (χ4v) is 5.83. The van der Waals surface area contributed by atoms with Crippen molar-refractivity contribution in [3.63, 3.8) is 0 Å². The van der Waals surface area contributed by atoms with Gasteiger partial charge in [-0.05, 0) is 57.2 Å². The molecular formula is C20H27N3O4S2. The molecular weight excluding hydrogens is 410 g/mol. The third-order valence-corrected chi connectivity index (χ3v) is 7.82. The van der Waals surface area contributed by atoms with E-state index in [1.54, 1.807) is 23.5 Å². The molecule has 29 heavy (non-hydrogen) atoms. The van der Waals surface area contributed by atoms with Crippen LogP contribution in [0.15, 0.2) is 28.5 Å². The number of nitrogens with zero attached hydrogens (tertiary/aromatic N) is 2. The largest absolute Gasteiger partial charge is 0.495 e. The Morgan fingerprint density at radius 2 is 2.03 bits per heavy atom. The van der Waals surface area contributed by atoms with Gasteiger partial charge in [0.05, 0.1) is 12.1 Å². The molecule has 1 amide bonds. The van der Waals surface area contributed by atoms with Gasteiger partial charge >= 0.3 is 0 Å². The number of rotatable bonds is 9. The molecule has 2 heterocycles. The summed E-state index contributed by atoms with van der Waals surface area (Å²) in [6.07, 6.45) is 4.36. The first-order valence-electron chi connectivity index (χ1n) is 9.79. The summed E-state index contributed by atoms with van der Waals surface area (Å²) in [7, 11) is -2.24. The van der Waals surface area contributed by atoms with Crippen LogP contribution in [0, 0.1) is 6.92 Å². The van der Waals surface area contributed by atoms with Crippen LogP contribution in [-0.2, 0) is 16.4 Å². The lowest BCUT2D eigenvalue weighted by atomic mass is 10.2. The van der Waals surface area contributed by atoms with Gasteiger partial charge in [0, 0.05) is 36.3 Å². The summed E-state index contributed by atoms with van der Waals surface area (Å²) in [5.41, 5.74) is 1.36. The highest BCUT2D eigenvalue weighted by Gasteiger charge is 2.30. The zero-order valence-electron chi connectivity index (χ0n) is 16.8. The van der Waals surface area contributed by atoms with Crippen molar-refractivity contribution in [2.24, 2.45) is 0 Å². The molecule has 0 atom stereocenters. The van der Waals surface area contributed by atoms with Crippen LogP contribution < -0.4 is 10.1 Å². The number of carbonyl (C=O) groups is 1. The molecule has 0 bridgehead atoms. The van der Waals surface area contributed by atoms with Gasteiger partial charge in [0.1, 0.15) is 10.6 Å². The Morgan fingerprint density at radius 1 is 1.28 bits per heavy atom. The minimum absolute atomic E-state index is 0.0497. The second kappa shape index (κ2) is 9.69. The maximum absolute atomic E-state index is 12.9. The number of thiazole rings is 1. The van der Waals surface area contributed by atoms with Crippen LogP contribution in [-0.4, -0.2) is 50.4 Å². The van der Waals surface area contributed by atoms with Gasteiger partial charge in [-0.2, -0.15) is 4.31 Å². The maximum Gasteiger partial charge on any atom is 0.251 e. The predicted octanol–water partition coefficient (Wildman–Crippen LogP) is 3.00. The number of methoxy groups -OCH3 is 1. The zero-order chi connectivity index (χ0) is 20.9. The van der Waals surface area contributed by atoms with Gasteiger partial charge in [-0.15, -0.1) is 11.3 Å². The van der Waals surface area contributed by atoms with E-state index < -0.39 is 10.0 Å². The Morgan fingerprint density at radius 3 is 2.69 bits per heavy atom. The van der Waals surface area contributed by atoms with Crippen molar-refractivity contribution in [1.82, 2.24) is 14.6 Å². The Bertz CT molecular complexity index is 950. The molecule has 1 aliphatic heterocycles. The first kappa shape index (κ1) is 21.7. The first-order chi connectivity index (χ1) is 13.9. The molecule has 1 aromatic carbocycles. The molecule has 1 aliphatic rings. The molecule has 3 rings (SSSR count). The number of benzene rings is 1. The SMILES string of the molecule is COc1ccc(C(=O)NCCCCc2nc(C)cs2)cc1S(=O)(=O)N1CCCC1. The lowest BCUT2D eigenvalue weighted by Gasteiger charge is -2.18. The van der Waals surface area contributed by atoms with Crippen LogP contribution in [0.4, 0.5) is 0 Å². The van der Waals surface area contributed by atoms with Crippen LogP contribution in [0.1, 0.15) is 46.7 Å². The molecule has 1 aromatic heterocycles. The van der Waals surface area contributed by atoms with E-state index in [1.165, 1.54) is 17.5 Å². The Balaban J connectivity index is 1.60. The highest BCUT2D eigenvalue weighted by Crippen LogP contribution is 2.29. The van der Waals surface area contributed by atoms with Gasteiger partial charge < -0.3 is 10.1 Å². The van der Waals surface area contributed by atoms with Crippen molar-refractivity contribution < 1.29 is 17.9 Å². The van der Waals surface area contributed by atoms with Crippen molar-refractivity contribution in [3.05, 3.63) is 39.8 Å². The first-order valence-corrected chi connectivity index (χ1v) is 12.1. The summed E-state index contributed by atoms with van der Waals surface area (Å²) in [6, 6.07) is 4.55. The van der Waals surface area contributed by atoms with Crippen LogP contribution in [0.3, 0.4) is 0 Å². The van der Waals surface area contributed by atoms with Crippen LogP contribution in [0.2, 0.25) is 0 Å². The van der Waals surface area contributed by atoms with Crippen LogP contribution in [0.5, 0.6) is 5.75 Å². The number of sulfonamides is 1.